The number of ether oxygens (including phenoxy) is 2. The first kappa shape index (κ1) is 44.9. The maximum absolute atomic E-state index is 14.0. The Balaban J connectivity index is 1.05. The quantitative estimate of drug-likeness (QED) is 0.116. The Morgan fingerprint density at radius 1 is 0.656 bits per heavy atom. The van der Waals surface area contributed by atoms with Crippen LogP contribution < -0.4 is 10.6 Å². The van der Waals surface area contributed by atoms with Gasteiger partial charge in [0.15, 0.2) is 0 Å². The molecular weight excluding hydrogens is 809 g/mol. The molecule has 342 valence electrons. The van der Waals surface area contributed by atoms with Gasteiger partial charge in [-0.25, -0.2) is 19.6 Å². The highest BCUT2D eigenvalue weighted by Gasteiger charge is 2.43. The summed E-state index contributed by atoms with van der Waals surface area (Å²) in [6, 6.07) is 11.4. The average molecular weight is 875 g/mol. The number of aromatic nitrogens is 4. The molecule has 1 spiro atoms. The predicted molar refractivity (Wildman–Crippen MR) is 245 cm³/mol. The first-order valence-electron chi connectivity index (χ1n) is 23.3. The topological polar surface area (TPSA) is 175 Å². The van der Waals surface area contributed by atoms with E-state index in [0.29, 0.717) is 13.1 Å². The molecule has 64 heavy (non-hydrogen) atoms. The van der Waals surface area contributed by atoms with Gasteiger partial charge in [-0.3, -0.25) is 9.59 Å². The molecule has 2 aliphatic heterocycles. The fraction of sp³-hybridized carbons (Fsp3) is 0.560. The van der Waals surface area contributed by atoms with Crippen LogP contribution in [0.4, 0.5) is 9.59 Å². The molecule has 8 rings (SSSR count). The number of benzene rings is 2. The van der Waals surface area contributed by atoms with Gasteiger partial charge < -0.3 is 39.9 Å². The number of aromatic amines is 2. The van der Waals surface area contributed by atoms with Crippen LogP contribution in [0.25, 0.3) is 33.6 Å². The third-order valence-corrected chi connectivity index (χ3v) is 14.4. The molecule has 2 aromatic heterocycles. The molecule has 0 radical (unpaired) electrons. The molecule has 14 heteroatoms. The summed E-state index contributed by atoms with van der Waals surface area (Å²) in [5.74, 6) is 1.59. The van der Waals surface area contributed by atoms with Gasteiger partial charge in [-0.2, -0.15) is 0 Å². The Kier molecular flexibility index (Phi) is 12.9. The Labute approximate surface area is 377 Å². The number of rotatable bonds is 11. The van der Waals surface area contributed by atoms with Crippen LogP contribution in [-0.2, 0) is 31.9 Å². The van der Waals surface area contributed by atoms with Crippen molar-refractivity contribution in [1.82, 2.24) is 40.4 Å². The van der Waals surface area contributed by atoms with Crippen molar-refractivity contribution in [3.63, 3.8) is 0 Å². The number of nitrogens with one attached hydrogen (secondary N) is 4. The van der Waals surface area contributed by atoms with E-state index in [1.165, 1.54) is 68.6 Å². The lowest BCUT2D eigenvalue weighted by Crippen LogP contribution is -2.51. The van der Waals surface area contributed by atoms with Crippen molar-refractivity contribution >= 4 is 24.0 Å². The fourth-order valence-electron chi connectivity index (χ4n) is 11.1. The second kappa shape index (κ2) is 18.4. The van der Waals surface area contributed by atoms with Crippen molar-refractivity contribution in [1.29, 1.82) is 0 Å². The molecule has 4 aliphatic rings. The summed E-state index contributed by atoms with van der Waals surface area (Å²) in [5, 5.41) is 5.50. The number of amides is 4. The molecule has 14 nitrogen and oxygen atoms in total. The number of carbonyl (C=O) groups is 4. The molecule has 4 amide bonds. The summed E-state index contributed by atoms with van der Waals surface area (Å²) in [6.07, 6.45) is 12.5. The van der Waals surface area contributed by atoms with Gasteiger partial charge >= 0.3 is 12.2 Å². The van der Waals surface area contributed by atoms with Crippen molar-refractivity contribution in [3.05, 3.63) is 71.6 Å². The maximum Gasteiger partial charge on any atom is 0.407 e. The Bertz CT molecular complexity index is 2340. The summed E-state index contributed by atoms with van der Waals surface area (Å²) in [6.45, 7) is 13.2. The lowest BCUT2D eigenvalue weighted by atomic mass is 9.72. The van der Waals surface area contributed by atoms with Gasteiger partial charge in [-0.1, -0.05) is 97.2 Å². The molecule has 4 N–H and O–H groups in total. The maximum atomic E-state index is 14.0. The molecule has 2 aromatic carbocycles. The molecule has 4 heterocycles. The standard InChI is InChI=1S/C50H66N8O6/c1-28(2)42(55-48(61)63-7)46(59)57-26-30(5)20-40(57)44-51-24-38(53-44)33-14-12-32(13-15-33)34-16-17-35(37-23-50(22-36(34)37)18-10-9-11-19-50)39-25-52-45(54-39)41-21-31(6)27-58(41)47(60)43(29(3)4)56-49(62)64-8/h12-17,24-25,28-31,40-43H,9-11,18-23,26-27H2,1-8H3,(H,51,53)(H,52,54)(H,55,61)(H,56,62)/t30-,31-,40-,41-,42-,43-/m0/s1. The number of methoxy groups -OCH3 is 2. The van der Waals surface area contributed by atoms with E-state index in [0.717, 1.165) is 59.8 Å². The molecule has 6 atom stereocenters. The Morgan fingerprint density at radius 2 is 1.11 bits per heavy atom. The second-order valence-electron chi connectivity index (χ2n) is 19.9. The van der Waals surface area contributed by atoms with Crippen LogP contribution in [0.5, 0.6) is 0 Å². The minimum Gasteiger partial charge on any atom is -0.453 e. The highest BCUT2D eigenvalue weighted by atomic mass is 16.5. The van der Waals surface area contributed by atoms with E-state index in [2.05, 4.69) is 70.8 Å². The van der Waals surface area contributed by atoms with E-state index in [-0.39, 0.29) is 53.0 Å². The summed E-state index contributed by atoms with van der Waals surface area (Å²) in [5.41, 5.74) is 9.50. The number of alkyl carbamates (subject to hydrolysis) is 2. The monoisotopic (exact) mass is 875 g/mol. The molecule has 1 saturated carbocycles. The first-order chi connectivity index (χ1) is 30.7. The van der Waals surface area contributed by atoms with E-state index in [1.54, 1.807) is 0 Å². The lowest BCUT2D eigenvalue weighted by molar-refractivity contribution is -0.136. The Hall–Kier alpha value is -5.66. The first-order valence-corrected chi connectivity index (χ1v) is 23.3. The van der Waals surface area contributed by atoms with Crippen molar-refractivity contribution in [2.75, 3.05) is 27.3 Å². The number of nitrogens with zero attached hydrogens (tertiary/aromatic N) is 4. The molecule has 0 bridgehead atoms. The third kappa shape index (κ3) is 8.89. The van der Waals surface area contributed by atoms with Crippen LogP contribution in [0.15, 0.2) is 48.8 Å². The van der Waals surface area contributed by atoms with Crippen LogP contribution in [0, 0.1) is 29.1 Å². The van der Waals surface area contributed by atoms with Crippen LogP contribution in [0.2, 0.25) is 0 Å². The fourth-order valence-corrected chi connectivity index (χ4v) is 11.1. The zero-order valence-electron chi connectivity index (χ0n) is 38.8. The number of carbonyl (C=O) groups excluding carboxylic acids is 4. The highest BCUT2D eigenvalue weighted by molar-refractivity contribution is 5.87. The van der Waals surface area contributed by atoms with Gasteiger partial charge in [0.1, 0.15) is 23.7 Å². The van der Waals surface area contributed by atoms with Gasteiger partial charge in [-0.15, -0.1) is 0 Å². The van der Waals surface area contributed by atoms with Crippen molar-refractivity contribution in [2.24, 2.45) is 29.1 Å². The minimum atomic E-state index is -0.700. The smallest absolute Gasteiger partial charge is 0.407 e. The summed E-state index contributed by atoms with van der Waals surface area (Å²) >= 11 is 0. The average Bonchev–Trinajstić information content (AvgIpc) is 4.14. The van der Waals surface area contributed by atoms with E-state index in [4.69, 9.17) is 19.4 Å². The van der Waals surface area contributed by atoms with E-state index in [9.17, 15) is 19.2 Å². The van der Waals surface area contributed by atoms with Gasteiger partial charge in [-0.05, 0) is 95.4 Å². The van der Waals surface area contributed by atoms with E-state index in [1.807, 2.05) is 49.9 Å². The molecule has 0 unspecified atom stereocenters. The zero-order valence-corrected chi connectivity index (χ0v) is 38.8. The summed E-state index contributed by atoms with van der Waals surface area (Å²) in [4.78, 5) is 72.9. The van der Waals surface area contributed by atoms with Crippen molar-refractivity contribution in [2.45, 2.75) is 123 Å². The minimum absolute atomic E-state index is 0.114. The van der Waals surface area contributed by atoms with Crippen LogP contribution >= 0.6 is 0 Å². The number of fused-ring (bicyclic) bond motifs is 1. The highest BCUT2D eigenvalue weighted by Crippen LogP contribution is 2.52. The molecule has 4 aromatic rings. The van der Waals surface area contributed by atoms with Crippen LogP contribution in [0.1, 0.15) is 121 Å². The summed E-state index contributed by atoms with van der Waals surface area (Å²) < 4.78 is 9.67. The molecular formula is C50H66N8O6. The molecule has 2 saturated heterocycles. The normalized spacial score (nSPS) is 22.5. The largest absolute Gasteiger partial charge is 0.453 e. The van der Waals surface area contributed by atoms with Gasteiger partial charge in [0.2, 0.25) is 11.8 Å². The Morgan fingerprint density at radius 3 is 1.61 bits per heavy atom. The van der Waals surface area contributed by atoms with Crippen LogP contribution in [0.3, 0.4) is 0 Å². The third-order valence-electron chi connectivity index (χ3n) is 14.4. The van der Waals surface area contributed by atoms with Crippen LogP contribution in [-0.4, -0.2) is 93.1 Å². The number of H-pyrrole nitrogens is 2. The lowest BCUT2D eigenvalue weighted by Gasteiger charge is -2.33. The number of hydrogen-bond acceptors (Lipinski definition) is 8. The summed E-state index contributed by atoms with van der Waals surface area (Å²) in [7, 11) is 2.61. The van der Waals surface area contributed by atoms with E-state index < -0.39 is 24.3 Å². The van der Waals surface area contributed by atoms with Gasteiger partial charge in [0.05, 0.1) is 50.1 Å². The zero-order chi connectivity index (χ0) is 45.4. The predicted octanol–water partition coefficient (Wildman–Crippen LogP) is 8.76. The number of likely N-dealkylation sites (tertiary alicyclic amines) is 2. The van der Waals surface area contributed by atoms with Gasteiger partial charge in [0.25, 0.3) is 0 Å². The SMILES string of the molecule is COC(=O)N[C@H](C(=O)N1C[C@@H](C)C[C@H]1c1ncc(-c2ccc(-c3ccc(-c4cnc([C@@H]5C[C@H](C)CN5C(=O)[C@@H](NC(=O)OC)C(C)C)[nH]4)c4c3CC3(CCCCC3)C4)cc2)[nH]1)C(C)C. The van der Waals surface area contributed by atoms with Gasteiger partial charge in [0, 0.05) is 18.7 Å². The second-order valence-corrected chi connectivity index (χ2v) is 19.9. The molecule has 3 fully saturated rings. The number of hydrogen-bond donors (Lipinski definition) is 4. The van der Waals surface area contributed by atoms with E-state index >= 15 is 0 Å². The van der Waals surface area contributed by atoms with Crippen molar-refractivity contribution < 1.29 is 28.7 Å². The number of imidazole rings is 2. The molecule has 2 aliphatic carbocycles. The van der Waals surface area contributed by atoms with Crippen molar-refractivity contribution in [3.8, 4) is 33.6 Å².